The minimum absolute atomic E-state index is 0.125. The molecule has 0 bridgehead atoms. The number of Topliss-reactive ketones (excluding diaryl/α,β-unsaturated/α-hetero) is 1. The van der Waals surface area contributed by atoms with E-state index in [2.05, 4.69) is 10.2 Å². The van der Waals surface area contributed by atoms with Crippen molar-refractivity contribution in [1.82, 2.24) is 19.6 Å². The Morgan fingerprint density at radius 3 is 2.55 bits per heavy atom. The first kappa shape index (κ1) is 19.2. The van der Waals surface area contributed by atoms with Crippen molar-refractivity contribution >= 4 is 16.7 Å². The number of fused-ring (bicyclic) bond motifs is 1. The maximum Gasteiger partial charge on any atom is 0.293 e. The Bertz CT molecular complexity index is 1350. The van der Waals surface area contributed by atoms with Crippen LogP contribution in [0.15, 0.2) is 59.5 Å². The van der Waals surface area contributed by atoms with Crippen LogP contribution in [0, 0.1) is 6.92 Å². The number of benzene rings is 2. The maximum absolute atomic E-state index is 13.4. The van der Waals surface area contributed by atoms with Crippen LogP contribution in [0.1, 0.15) is 40.4 Å². The Morgan fingerprint density at radius 2 is 1.87 bits per heavy atom. The van der Waals surface area contributed by atoms with Gasteiger partial charge in [-0.25, -0.2) is 9.36 Å². The molecular formula is C24H22N4O3. The van der Waals surface area contributed by atoms with Crippen LogP contribution in [0.2, 0.25) is 0 Å². The van der Waals surface area contributed by atoms with Crippen LogP contribution in [-0.2, 0) is 6.54 Å². The van der Waals surface area contributed by atoms with Crippen LogP contribution in [-0.4, -0.2) is 32.5 Å². The molecule has 5 rings (SSSR count). The number of carbonyl (C=O) groups excluding carboxylic acids is 1. The van der Waals surface area contributed by atoms with Crippen LogP contribution in [0.5, 0.6) is 5.75 Å². The van der Waals surface area contributed by atoms with Gasteiger partial charge in [0.25, 0.3) is 5.56 Å². The van der Waals surface area contributed by atoms with E-state index in [4.69, 9.17) is 4.74 Å². The van der Waals surface area contributed by atoms with Crippen molar-refractivity contribution in [3.05, 3.63) is 81.9 Å². The fourth-order valence-corrected chi connectivity index (χ4v) is 3.85. The predicted octanol–water partition coefficient (Wildman–Crippen LogP) is 3.66. The van der Waals surface area contributed by atoms with E-state index in [9.17, 15) is 9.59 Å². The predicted molar refractivity (Wildman–Crippen MR) is 117 cm³/mol. The highest BCUT2D eigenvalue weighted by atomic mass is 16.5. The summed E-state index contributed by atoms with van der Waals surface area (Å²) in [5.41, 5.74) is 3.36. The molecule has 0 N–H and O–H groups in total. The van der Waals surface area contributed by atoms with Gasteiger partial charge in [0, 0.05) is 16.9 Å². The Morgan fingerprint density at radius 1 is 1.13 bits per heavy atom. The lowest BCUT2D eigenvalue weighted by Crippen LogP contribution is -2.29. The third kappa shape index (κ3) is 3.42. The van der Waals surface area contributed by atoms with Crippen LogP contribution in [0.3, 0.4) is 0 Å². The Labute approximate surface area is 178 Å². The quantitative estimate of drug-likeness (QED) is 0.450. The van der Waals surface area contributed by atoms with Crippen molar-refractivity contribution in [3.8, 4) is 11.4 Å². The van der Waals surface area contributed by atoms with Crippen molar-refractivity contribution < 1.29 is 9.53 Å². The van der Waals surface area contributed by atoms with E-state index in [1.54, 1.807) is 42.3 Å². The van der Waals surface area contributed by atoms with E-state index in [1.165, 1.54) is 4.68 Å². The van der Waals surface area contributed by atoms with E-state index in [0.29, 0.717) is 22.7 Å². The molecule has 1 saturated carbocycles. The first-order valence-electron chi connectivity index (χ1n) is 10.3. The highest BCUT2D eigenvalue weighted by molar-refractivity contribution is 5.96. The topological polar surface area (TPSA) is 79.0 Å². The maximum atomic E-state index is 13.4. The number of carbonyl (C=O) groups is 1. The molecule has 7 heteroatoms. The zero-order valence-electron chi connectivity index (χ0n) is 17.4. The minimum Gasteiger partial charge on any atom is -0.497 e. The van der Waals surface area contributed by atoms with Gasteiger partial charge in [0.2, 0.25) is 0 Å². The summed E-state index contributed by atoms with van der Waals surface area (Å²) in [4.78, 5) is 26.3. The van der Waals surface area contributed by atoms with Crippen molar-refractivity contribution in [2.75, 3.05) is 7.11 Å². The van der Waals surface area contributed by atoms with Gasteiger partial charge in [-0.05, 0) is 55.7 Å². The smallest absolute Gasteiger partial charge is 0.293 e. The molecule has 4 aromatic rings. The highest BCUT2D eigenvalue weighted by Gasteiger charge is 2.30. The zero-order valence-corrected chi connectivity index (χ0v) is 17.4. The molecule has 0 radical (unpaired) electrons. The van der Waals surface area contributed by atoms with E-state index in [1.807, 2.05) is 31.2 Å². The van der Waals surface area contributed by atoms with Gasteiger partial charge >= 0.3 is 0 Å². The first-order valence-corrected chi connectivity index (χ1v) is 10.3. The van der Waals surface area contributed by atoms with E-state index < -0.39 is 0 Å². The molecule has 31 heavy (non-hydrogen) atoms. The van der Waals surface area contributed by atoms with Crippen molar-refractivity contribution in [3.63, 3.8) is 0 Å². The van der Waals surface area contributed by atoms with Gasteiger partial charge in [-0.2, -0.15) is 10.2 Å². The lowest BCUT2D eigenvalue weighted by atomic mass is 10.1. The molecule has 1 fully saturated rings. The number of aromatic nitrogens is 4. The number of hydrogen-bond acceptors (Lipinski definition) is 5. The molecule has 1 aliphatic carbocycles. The number of hydrogen-bond donors (Lipinski definition) is 0. The number of nitrogens with zero attached hydrogens (tertiary/aromatic N) is 4. The number of ether oxygens (including phenoxy) is 1. The van der Waals surface area contributed by atoms with Crippen molar-refractivity contribution in [2.45, 2.75) is 32.2 Å². The van der Waals surface area contributed by atoms with Gasteiger partial charge in [-0.3, -0.25) is 9.59 Å². The SMILES string of the molecule is COc1ccc(C(=O)Cn2nc(C3CC3)c3cnn(-c4ccccc4C)c3c2=O)cc1. The largest absolute Gasteiger partial charge is 0.497 e. The standard InChI is InChI=1S/C24H22N4O3/c1-15-5-3-4-6-20(15)28-23-19(13-25-28)22(17-7-8-17)26-27(24(23)30)14-21(29)16-9-11-18(31-2)12-10-16/h3-6,9-13,17H,7-8,14H2,1-2H3. The van der Waals surface area contributed by atoms with Gasteiger partial charge < -0.3 is 4.74 Å². The number of rotatable bonds is 6. The molecule has 0 atom stereocenters. The van der Waals surface area contributed by atoms with Gasteiger partial charge in [0.1, 0.15) is 17.8 Å². The Kier molecular flexibility index (Phi) is 4.66. The minimum atomic E-state index is -0.318. The average molecular weight is 414 g/mol. The molecule has 2 aromatic heterocycles. The van der Waals surface area contributed by atoms with Crippen LogP contribution >= 0.6 is 0 Å². The number of ketones is 1. The lowest BCUT2D eigenvalue weighted by Gasteiger charge is -2.11. The second-order valence-corrected chi connectivity index (χ2v) is 7.88. The van der Waals surface area contributed by atoms with Crippen LogP contribution in [0.25, 0.3) is 16.6 Å². The number of para-hydroxylation sites is 1. The summed E-state index contributed by atoms with van der Waals surface area (Å²) in [5, 5.41) is 9.88. The summed E-state index contributed by atoms with van der Waals surface area (Å²) in [7, 11) is 1.58. The molecule has 0 aliphatic heterocycles. The van der Waals surface area contributed by atoms with Gasteiger partial charge in [0.15, 0.2) is 5.78 Å². The van der Waals surface area contributed by atoms with E-state index in [0.717, 1.165) is 35.2 Å². The van der Waals surface area contributed by atoms with Gasteiger partial charge in [0.05, 0.1) is 24.7 Å². The van der Waals surface area contributed by atoms with Crippen molar-refractivity contribution in [2.24, 2.45) is 0 Å². The molecule has 0 amide bonds. The molecule has 7 nitrogen and oxygen atoms in total. The lowest BCUT2D eigenvalue weighted by molar-refractivity contribution is 0.0965. The zero-order chi connectivity index (χ0) is 21.5. The molecule has 0 saturated heterocycles. The molecule has 2 aromatic carbocycles. The van der Waals surface area contributed by atoms with E-state index >= 15 is 0 Å². The summed E-state index contributed by atoms with van der Waals surface area (Å²) in [6.45, 7) is 1.86. The second kappa shape index (κ2) is 7.50. The van der Waals surface area contributed by atoms with Crippen LogP contribution < -0.4 is 10.3 Å². The fraction of sp³-hybridized carbons (Fsp3) is 0.250. The number of methoxy groups -OCH3 is 1. The summed E-state index contributed by atoms with van der Waals surface area (Å²) in [6.07, 6.45) is 3.78. The van der Waals surface area contributed by atoms with Crippen LogP contribution in [0.4, 0.5) is 0 Å². The second-order valence-electron chi connectivity index (χ2n) is 7.88. The summed E-state index contributed by atoms with van der Waals surface area (Å²) in [6, 6.07) is 14.7. The normalized spacial score (nSPS) is 13.5. The van der Waals surface area contributed by atoms with E-state index in [-0.39, 0.29) is 17.9 Å². The summed E-state index contributed by atoms with van der Waals surface area (Å²) in [5.74, 6) is 0.798. The average Bonchev–Trinajstić information content (AvgIpc) is 3.54. The van der Waals surface area contributed by atoms with Crippen molar-refractivity contribution in [1.29, 1.82) is 0 Å². The Hall–Kier alpha value is -3.74. The molecular weight excluding hydrogens is 392 g/mol. The molecule has 0 spiro atoms. The first-order chi connectivity index (χ1) is 15.1. The van der Waals surface area contributed by atoms with Gasteiger partial charge in [-0.15, -0.1) is 0 Å². The molecule has 2 heterocycles. The third-order valence-corrected chi connectivity index (χ3v) is 5.72. The Balaban J connectivity index is 1.62. The van der Waals surface area contributed by atoms with Gasteiger partial charge in [-0.1, -0.05) is 18.2 Å². The molecule has 0 unspecified atom stereocenters. The molecule has 1 aliphatic rings. The summed E-state index contributed by atoms with van der Waals surface area (Å²) >= 11 is 0. The summed E-state index contributed by atoms with van der Waals surface area (Å²) < 4.78 is 8.12. The number of aryl methyl sites for hydroxylation is 1. The molecule has 156 valence electrons. The highest BCUT2D eigenvalue weighted by Crippen LogP contribution is 2.41. The third-order valence-electron chi connectivity index (χ3n) is 5.72. The monoisotopic (exact) mass is 414 g/mol. The fourth-order valence-electron chi connectivity index (χ4n) is 3.85.